The highest BCUT2D eigenvalue weighted by atomic mass is 16.5. The number of nitrogens with one attached hydrogen (secondary N) is 1. The highest BCUT2D eigenvalue weighted by Crippen LogP contribution is 2.43. The molecular weight excluding hydrogens is 474 g/mol. The van der Waals surface area contributed by atoms with E-state index in [2.05, 4.69) is 140 Å². The van der Waals surface area contributed by atoms with Gasteiger partial charge in [-0.3, -0.25) is 0 Å². The van der Waals surface area contributed by atoms with Gasteiger partial charge in [-0.2, -0.15) is 0 Å². The first-order chi connectivity index (χ1) is 18.4. The lowest BCUT2D eigenvalue weighted by Crippen LogP contribution is -2.23. The molecule has 4 aromatic carbocycles. The number of hydrogen-bond donors (Lipinski definition) is 1. The van der Waals surface area contributed by atoms with E-state index < -0.39 is 0 Å². The third-order valence-electron chi connectivity index (χ3n) is 7.29. The Labute approximate surface area is 236 Å². The van der Waals surface area contributed by atoms with Crippen molar-refractivity contribution in [3.8, 4) is 16.9 Å². The van der Waals surface area contributed by atoms with E-state index in [1.165, 1.54) is 39.8 Å². The van der Waals surface area contributed by atoms with Crippen LogP contribution in [-0.2, 0) is 6.61 Å². The van der Waals surface area contributed by atoms with E-state index in [1.807, 2.05) is 12.1 Å². The Hall–Kier alpha value is -3.52. The van der Waals surface area contributed by atoms with Crippen LogP contribution in [0, 0.1) is 24.7 Å². The highest BCUT2D eigenvalue weighted by molar-refractivity contribution is 5.81. The van der Waals surface area contributed by atoms with Gasteiger partial charge in [0.1, 0.15) is 12.4 Å². The molecule has 0 aromatic heterocycles. The number of aryl methyl sites for hydroxylation is 2. The van der Waals surface area contributed by atoms with Crippen molar-refractivity contribution in [2.24, 2.45) is 10.8 Å². The van der Waals surface area contributed by atoms with Gasteiger partial charge in [-0.15, -0.1) is 0 Å². The van der Waals surface area contributed by atoms with E-state index in [4.69, 9.17) is 4.74 Å². The smallest absolute Gasteiger partial charge is 0.119 e. The fourth-order valence-electron chi connectivity index (χ4n) is 5.16. The second-order valence-corrected chi connectivity index (χ2v) is 13.3. The van der Waals surface area contributed by atoms with Crippen molar-refractivity contribution >= 4 is 11.4 Å². The van der Waals surface area contributed by atoms with Crippen LogP contribution in [0.3, 0.4) is 0 Å². The molecule has 2 nitrogen and oxygen atoms in total. The van der Waals surface area contributed by atoms with Gasteiger partial charge in [0.2, 0.25) is 0 Å². The molecule has 2 heteroatoms. The predicted molar refractivity (Wildman–Crippen MR) is 168 cm³/mol. The van der Waals surface area contributed by atoms with Crippen LogP contribution in [0.5, 0.6) is 5.75 Å². The minimum absolute atomic E-state index is 0.223. The third kappa shape index (κ3) is 7.99. The molecule has 0 saturated heterocycles. The SMILES string of the molecule is Cc1cccc(-c2cc(C)ccc2Nc2ccc(OCc3ccc(C(CC(C)(C)C)C(C)(C)C)cc3)cc2)c1. The van der Waals surface area contributed by atoms with Gasteiger partial charge >= 0.3 is 0 Å². The fraction of sp³-hybridized carbons (Fsp3) is 0.351. The van der Waals surface area contributed by atoms with Crippen molar-refractivity contribution < 1.29 is 4.74 Å². The lowest BCUT2D eigenvalue weighted by atomic mass is 9.69. The van der Waals surface area contributed by atoms with Crippen molar-refractivity contribution in [1.82, 2.24) is 0 Å². The predicted octanol–water partition coefficient (Wildman–Crippen LogP) is 10.9. The van der Waals surface area contributed by atoms with Gasteiger partial charge in [-0.1, -0.05) is 107 Å². The van der Waals surface area contributed by atoms with Gasteiger partial charge in [0.15, 0.2) is 0 Å². The Morgan fingerprint density at radius 3 is 2.00 bits per heavy atom. The highest BCUT2D eigenvalue weighted by Gasteiger charge is 2.30. The molecule has 0 aliphatic rings. The lowest BCUT2D eigenvalue weighted by Gasteiger charge is -2.36. The van der Waals surface area contributed by atoms with Gasteiger partial charge in [-0.05, 0) is 90.1 Å². The zero-order valence-corrected chi connectivity index (χ0v) is 25.1. The van der Waals surface area contributed by atoms with E-state index in [0.717, 1.165) is 17.1 Å². The van der Waals surface area contributed by atoms with Crippen LogP contribution in [0.1, 0.15) is 76.1 Å². The third-order valence-corrected chi connectivity index (χ3v) is 7.29. The van der Waals surface area contributed by atoms with Crippen molar-refractivity contribution in [2.75, 3.05) is 5.32 Å². The Bertz CT molecular complexity index is 1370. The Morgan fingerprint density at radius 1 is 0.718 bits per heavy atom. The molecule has 0 bridgehead atoms. The van der Waals surface area contributed by atoms with Gasteiger partial charge in [0, 0.05) is 16.9 Å². The first-order valence-electron chi connectivity index (χ1n) is 14.1. The second-order valence-electron chi connectivity index (χ2n) is 13.3. The zero-order valence-electron chi connectivity index (χ0n) is 25.1. The Morgan fingerprint density at radius 2 is 1.38 bits per heavy atom. The number of ether oxygens (including phenoxy) is 1. The molecule has 0 aliphatic carbocycles. The molecule has 0 radical (unpaired) electrons. The Kier molecular flexibility index (Phi) is 8.54. The van der Waals surface area contributed by atoms with Crippen LogP contribution in [0.4, 0.5) is 11.4 Å². The lowest BCUT2D eigenvalue weighted by molar-refractivity contribution is 0.229. The van der Waals surface area contributed by atoms with Crippen LogP contribution >= 0.6 is 0 Å². The van der Waals surface area contributed by atoms with Gasteiger partial charge in [0.05, 0.1) is 0 Å². The van der Waals surface area contributed by atoms with Crippen molar-refractivity contribution in [1.29, 1.82) is 0 Å². The molecule has 0 aliphatic heterocycles. The maximum atomic E-state index is 6.14. The van der Waals surface area contributed by atoms with E-state index in [-0.39, 0.29) is 5.41 Å². The van der Waals surface area contributed by atoms with E-state index >= 15 is 0 Å². The summed E-state index contributed by atoms with van der Waals surface area (Å²) >= 11 is 0. The van der Waals surface area contributed by atoms with Crippen LogP contribution in [0.2, 0.25) is 0 Å². The summed E-state index contributed by atoms with van der Waals surface area (Å²) in [6.45, 7) is 18.9. The summed E-state index contributed by atoms with van der Waals surface area (Å²) in [5.74, 6) is 1.39. The minimum Gasteiger partial charge on any atom is -0.489 e. The van der Waals surface area contributed by atoms with Crippen molar-refractivity contribution in [2.45, 2.75) is 74.3 Å². The zero-order chi connectivity index (χ0) is 28.2. The Balaban J connectivity index is 1.41. The first-order valence-corrected chi connectivity index (χ1v) is 14.1. The summed E-state index contributed by atoms with van der Waals surface area (Å²) in [7, 11) is 0. The average Bonchev–Trinajstić information content (AvgIpc) is 2.87. The van der Waals surface area contributed by atoms with Crippen molar-refractivity contribution in [3.63, 3.8) is 0 Å². The van der Waals surface area contributed by atoms with Crippen LogP contribution < -0.4 is 10.1 Å². The molecule has 0 amide bonds. The molecule has 4 aromatic rings. The maximum absolute atomic E-state index is 6.14. The number of hydrogen-bond acceptors (Lipinski definition) is 2. The van der Waals surface area contributed by atoms with Crippen LogP contribution in [0.25, 0.3) is 11.1 Å². The summed E-state index contributed by atoms with van der Waals surface area (Å²) in [6, 6.07) is 32.5. The molecule has 0 saturated carbocycles. The van der Waals surface area contributed by atoms with E-state index in [1.54, 1.807) is 0 Å². The molecule has 0 heterocycles. The molecule has 39 heavy (non-hydrogen) atoms. The second kappa shape index (κ2) is 11.7. The summed E-state index contributed by atoms with van der Waals surface area (Å²) < 4.78 is 6.14. The summed E-state index contributed by atoms with van der Waals surface area (Å²) in [5.41, 5.74) is 10.2. The summed E-state index contributed by atoms with van der Waals surface area (Å²) in [6.07, 6.45) is 1.17. The van der Waals surface area contributed by atoms with Crippen LogP contribution in [0.15, 0.2) is 91.0 Å². The van der Waals surface area contributed by atoms with E-state index in [9.17, 15) is 0 Å². The standard InChI is InChI=1S/C37H45NO/c1-26-10-9-11-30(22-26)33-23-27(2)12-21-35(33)38-31-17-19-32(20-18-31)39-25-28-13-15-29(16-14-28)34(37(6,7)8)24-36(3,4)5/h9-23,34,38H,24-25H2,1-8H3. The summed E-state index contributed by atoms with van der Waals surface area (Å²) in [4.78, 5) is 0. The average molecular weight is 520 g/mol. The van der Waals surface area contributed by atoms with Crippen LogP contribution in [-0.4, -0.2) is 0 Å². The summed E-state index contributed by atoms with van der Waals surface area (Å²) in [5, 5.41) is 3.61. The molecular formula is C37H45NO. The number of benzene rings is 4. The van der Waals surface area contributed by atoms with Gasteiger partial charge in [-0.25, -0.2) is 0 Å². The normalized spacial score (nSPS) is 12.7. The molecule has 1 atom stereocenters. The molecule has 1 unspecified atom stereocenters. The molecule has 1 N–H and O–H groups in total. The molecule has 0 spiro atoms. The monoisotopic (exact) mass is 519 g/mol. The minimum atomic E-state index is 0.223. The van der Waals surface area contributed by atoms with Crippen molar-refractivity contribution in [3.05, 3.63) is 113 Å². The fourth-order valence-corrected chi connectivity index (χ4v) is 5.16. The quantitative estimate of drug-likeness (QED) is 0.250. The number of rotatable bonds is 8. The number of anilines is 2. The largest absolute Gasteiger partial charge is 0.489 e. The topological polar surface area (TPSA) is 21.3 Å². The molecule has 204 valence electrons. The van der Waals surface area contributed by atoms with E-state index in [0.29, 0.717) is 17.9 Å². The van der Waals surface area contributed by atoms with Gasteiger partial charge in [0.25, 0.3) is 0 Å². The first kappa shape index (κ1) is 28.5. The molecule has 0 fully saturated rings. The van der Waals surface area contributed by atoms with Gasteiger partial charge < -0.3 is 10.1 Å². The molecule has 4 rings (SSSR count). The maximum Gasteiger partial charge on any atom is 0.119 e.